The number of carbonyl (C=O) groups excluding carboxylic acids is 1. The van der Waals surface area contributed by atoms with Crippen LogP contribution in [0, 0.1) is 17.2 Å². The first-order chi connectivity index (χ1) is 10.9. The highest BCUT2D eigenvalue weighted by Crippen LogP contribution is 2.58. The Morgan fingerprint density at radius 1 is 1.42 bits per heavy atom. The molecule has 1 aliphatic heterocycles. The SMILES string of the molecule is CC(C)(CNC(=O)C1CC12CCNCC2)c1c(F)cccc1Cl.Cl. The Morgan fingerprint density at radius 2 is 2.08 bits per heavy atom. The number of carbonyl (C=O) groups is 1. The minimum Gasteiger partial charge on any atom is -0.355 e. The topological polar surface area (TPSA) is 41.1 Å². The number of nitrogens with one attached hydrogen (secondary N) is 2. The van der Waals surface area contributed by atoms with Gasteiger partial charge in [-0.3, -0.25) is 4.79 Å². The minimum absolute atomic E-state index is 0. The Hall–Kier alpha value is -0.840. The van der Waals surface area contributed by atoms with Crippen molar-refractivity contribution in [1.82, 2.24) is 10.6 Å². The lowest BCUT2D eigenvalue weighted by atomic mass is 9.84. The molecular weight excluding hydrogens is 350 g/mol. The molecular formula is C18H25Cl2FN2O. The van der Waals surface area contributed by atoms with E-state index in [0.29, 0.717) is 17.1 Å². The van der Waals surface area contributed by atoms with Crippen LogP contribution in [0.5, 0.6) is 0 Å². The van der Waals surface area contributed by atoms with Gasteiger partial charge < -0.3 is 10.6 Å². The van der Waals surface area contributed by atoms with E-state index in [-0.39, 0.29) is 35.5 Å². The van der Waals surface area contributed by atoms with Crippen molar-refractivity contribution in [3.8, 4) is 0 Å². The molecule has 1 aromatic carbocycles. The van der Waals surface area contributed by atoms with E-state index in [9.17, 15) is 9.18 Å². The molecule has 0 bridgehead atoms. The van der Waals surface area contributed by atoms with Crippen molar-refractivity contribution in [3.63, 3.8) is 0 Å². The summed E-state index contributed by atoms with van der Waals surface area (Å²) in [5.74, 6) is -0.0954. The van der Waals surface area contributed by atoms with Crippen molar-refractivity contribution in [2.75, 3.05) is 19.6 Å². The first-order valence-corrected chi connectivity index (χ1v) is 8.66. The lowest BCUT2D eigenvalue weighted by Gasteiger charge is -2.28. The van der Waals surface area contributed by atoms with Gasteiger partial charge >= 0.3 is 0 Å². The third-order valence-electron chi connectivity index (χ3n) is 5.45. The summed E-state index contributed by atoms with van der Waals surface area (Å²) in [5, 5.41) is 6.77. The Labute approximate surface area is 154 Å². The molecule has 134 valence electrons. The van der Waals surface area contributed by atoms with Gasteiger partial charge in [0, 0.05) is 28.5 Å². The number of hydrogen-bond donors (Lipinski definition) is 2. The molecule has 1 spiro atoms. The van der Waals surface area contributed by atoms with Gasteiger partial charge in [-0.1, -0.05) is 31.5 Å². The van der Waals surface area contributed by atoms with Gasteiger partial charge in [-0.05, 0) is 49.9 Å². The molecule has 3 rings (SSSR count). The van der Waals surface area contributed by atoms with Crippen molar-refractivity contribution in [2.24, 2.45) is 11.3 Å². The fourth-order valence-corrected chi connectivity index (χ4v) is 4.28. The van der Waals surface area contributed by atoms with Crippen LogP contribution in [0.1, 0.15) is 38.7 Å². The summed E-state index contributed by atoms with van der Waals surface area (Å²) in [6, 6.07) is 4.70. The Kier molecular flexibility index (Phi) is 5.83. The maximum atomic E-state index is 14.1. The Balaban J connectivity index is 0.00000208. The van der Waals surface area contributed by atoms with E-state index < -0.39 is 5.41 Å². The maximum absolute atomic E-state index is 14.1. The molecule has 6 heteroatoms. The van der Waals surface area contributed by atoms with E-state index >= 15 is 0 Å². The van der Waals surface area contributed by atoms with Gasteiger partial charge in [0.05, 0.1) is 0 Å². The summed E-state index contributed by atoms with van der Waals surface area (Å²) in [4.78, 5) is 12.5. The van der Waals surface area contributed by atoms with Crippen LogP contribution in [0.25, 0.3) is 0 Å². The molecule has 1 aromatic rings. The highest BCUT2D eigenvalue weighted by atomic mass is 35.5. The third-order valence-corrected chi connectivity index (χ3v) is 5.76. The van der Waals surface area contributed by atoms with Crippen molar-refractivity contribution >= 4 is 29.9 Å². The summed E-state index contributed by atoms with van der Waals surface area (Å²) in [6.07, 6.45) is 3.14. The van der Waals surface area contributed by atoms with Crippen molar-refractivity contribution in [3.05, 3.63) is 34.6 Å². The van der Waals surface area contributed by atoms with E-state index in [4.69, 9.17) is 11.6 Å². The first-order valence-electron chi connectivity index (χ1n) is 8.29. The third kappa shape index (κ3) is 3.71. The molecule has 1 atom stereocenters. The minimum atomic E-state index is -0.547. The van der Waals surface area contributed by atoms with Gasteiger partial charge in [0.1, 0.15) is 5.82 Å². The molecule has 1 heterocycles. The van der Waals surface area contributed by atoms with E-state index in [2.05, 4.69) is 10.6 Å². The number of benzene rings is 1. The van der Waals surface area contributed by atoms with Gasteiger partial charge in [0.15, 0.2) is 0 Å². The summed E-state index contributed by atoms with van der Waals surface area (Å²) >= 11 is 6.16. The second kappa shape index (κ2) is 7.19. The van der Waals surface area contributed by atoms with Crippen LogP contribution in [0.3, 0.4) is 0 Å². The molecule has 1 unspecified atom stereocenters. The predicted octanol–water partition coefficient (Wildman–Crippen LogP) is 3.68. The fraction of sp³-hybridized carbons (Fsp3) is 0.611. The predicted molar refractivity (Wildman–Crippen MR) is 97.3 cm³/mol. The van der Waals surface area contributed by atoms with Crippen molar-refractivity contribution < 1.29 is 9.18 Å². The van der Waals surface area contributed by atoms with E-state index in [1.165, 1.54) is 6.07 Å². The number of piperidine rings is 1. The molecule has 1 aliphatic carbocycles. The number of rotatable bonds is 4. The molecule has 1 saturated heterocycles. The molecule has 2 N–H and O–H groups in total. The highest BCUT2D eigenvalue weighted by Gasteiger charge is 2.57. The standard InChI is InChI=1S/C18H24ClFN2O.ClH/c1-17(2,15-13(19)4-3-5-14(15)20)11-22-16(23)12-10-18(12)6-8-21-9-7-18;/h3-5,12,21H,6-11H2,1-2H3,(H,22,23);1H. The Morgan fingerprint density at radius 3 is 2.71 bits per heavy atom. The quantitative estimate of drug-likeness (QED) is 0.843. The fourth-order valence-electron chi connectivity index (χ4n) is 3.86. The van der Waals surface area contributed by atoms with Crippen LogP contribution in [0.2, 0.25) is 5.02 Å². The lowest BCUT2D eigenvalue weighted by molar-refractivity contribution is -0.123. The number of halogens is 3. The average molecular weight is 375 g/mol. The van der Waals surface area contributed by atoms with Crippen LogP contribution in [0.15, 0.2) is 18.2 Å². The van der Waals surface area contributed by atoms with E-state index in [0.717, 1.165) is 32.4 Å². The molecule has 24 heavy (non-hydrogen) atoms. The van der Waals surface area contributed by atoms with Crippen LogP contribution < -0.4 is 10.6 Å². The molecule has 0 aromatic heterocycles. The smallest absolute Gasteiger partial charge is 0.223 e. The zero-order chi connectivity index (χ0) is 16.7. The van der Waals surface area contributed by atoms with Crippen molar-refractivity contribution in [2.45, 2.75) is 38.5 Å². The zero-order valence-electron chi connectivity index (χ0n) is 14.1. The molecule has 2 aliphatic rings. The van der Waals surface area contributed by atoms with Gasteiger partial charge in [-0.25, -0.2) is 4.39 Å². The summed E-state index contributed by atoms with van der Waals surface area (Å²) < 4.78 is 14.1. The second-order valence-electron chi connectivity index (χ2n) is 7.57. The Bertz CT molecular complexity index is 595. The van der Waals surface area contributed by atoms with Crippen LogP contribution in [-0.4, -0.2) is 25.5 Å². The molecule has 0 radical (unpaired) electrons. The van der Waals surface area contributed by atoms with Gasteiger partial charge in [0.25, 0.3) is 0 Å². The molecule has 1 saturated carbocycles. The summed E-state index contributed by atoms with van der Waals surface area (Å²) in [7, 11) is 0. The van der Waals surface area contributed by atoms with Gasteiger partial charge in [-0.15, -0.1) is 12.4 Å². The lowest BCUT2D eigenvalue weighted by Crippen LogP contribution is -2.40. The number of hydrogen-bond acceptors (Lipinski definition) is 2. The monoisotopic (exact) mass is 374 g/mol. The largest absolute Gasteiger partial charge is 0.355 e. The first kappa shape index (κ1) is 19.5. The van der Waals surface area contributed by atoms with Crippen LogP contribution in [-0.2, 0) is 10.2 Å². The average Bonchev–Trinajstić information content (AvgIpc) is 3.18. The van der Waals surface area contributed by atoms with E-state index in [1.807, 2.05) is 13.8 Å². The molecule has 1 amide bonds. The summed E-state index contributed by atoms with van der Waals surface area (Å²) in [6.45, 7) is 6.20. The van der Waals surface area contributed by atoms with Gasteiger partial charge in [-0.2, -0.15) is 0 Å². The van der Waals surface area contributed by atoms with Gasteiger partial charge in [0.2, 0.25) is 5.91 Å². The maximum Gasteiger partial charge on any atom is 0.223 e. The molecule has 2 fully saturated rings. The zero-order valence-corrected chi connectivity index (χ0v) is 15.7. The normalized spacial score (nSPS) is 21.9. The van der Waals surface area contributed by atoms with Crippen molar-refractivity contribution in [1.29, 1.82) is 0 Å². The summed E-state index contributed by atoms with van der Waals surface area (Å²) in [5.41, 5.74) is 0.137. The highest BCUT2D eigenvalue weighted by molar-refractivity contribution is 6.31. The second-order valence-corrected chi connectivity index (χ2v) is 7.97. The molecule has 3 nitrogen and oxygen atoms in total. The van der Waals surface area contributed by atoms with E-state index in [1.54, 1.807) is 12.1 Å². The number of amides is 1. The van der Waals surface area contributed by atoms with Crippen LogP contribution >= 0.6 is 24.0 Å². The van der Waals surface area contributed by atoms with Crippen LogP contribution in [0.4, 0.5) is 4.39 Å².